The second-order valence-corrected chi connectivity index (χ2v) is 6.71. The van der Waals surface area contributed by atoms with E-state index in [4.69, 9.17) is 0 Å². The van der Waals surface area contributed by atoms with Gasteiger partial charge in [0.1, 0.15) is 0 Å². The van der Waals surface area contributed by atoms with Crippen molar-refractivity contribution in [2.75, 3.05) is 26.7 Å². The van der Waals surface area contributed by atoms with Gasteiger partial charge in [-0.3, -0.25) is 0 Å². The van der Waals surface area contributed by atoms with Gasteiger partial charge in [0.15, 0.2) is 0 Å². The monoisotopic (exact) mass is 340 g/mol. The summed E-state index contributed by atoms with van der Waals surface area (Å²) in [5.41, 5.74) is 1.75. The van der Waals surface area contributed by atoms with Crippen LogP contribution in [0.2, 0.25) is 0 Å². The van der Waals surface area contributed by atoms with Crippen LogP contribution in [0.1, 0.15) is 39.2 Å². The van der Waals surface area contributed by atoms with Crippen molar-refractivity contribution in [3.63, 3.8) is 0 Å². The standard InChI is InChI=1S/C17H29BrN2/c1-5-17(6-2,13-19-7-3)14-20(4)12-15-9-8-10-16(18)11-15/h8-11,19H,5-7,12-14H2,1-4H3. The highest BCUT2D eigenvalue weighted by Crippen LogP contribution is 2.27. The smallest absolute Gasteiger partial charge is 0.0231 e. The Hall–Kier alpha value is -0.380. The molecule has 1 N–H and O–H groups in total. The summed E-state index contributed by atoms with van der Waals surface area (Å²) in [6, 6.07) is 8.60. The summed E-state index contributed by atoms with van der Waals surface area (Å²) in [4.78, 5) is 2.45. The quantitative estimate of drug-likeness (QED) is 0.721. The zero-order valence-electron chi connectivity index (χ0n) is 13.4. The SMILES string of the molecule is CCNCC(CC)(CC)CN(C)Cc1cccc(Br)c1. The predicted octanol–water partition coefficient (Wildman–Crippen LogP) is 4.30. The lowest BCUT2D eigenvalue weighted by Crippen LogP contribution is -2.42. The lowest BCUT2D eigenvalue weighted by atomic mass is 9.81. The molecule has 1 aromatic rings. The Balaban J connectivity index is 2.63. The molecule has 0 heterocycles. The van der Waals surface area contributed by atoms with Gasteiger partial charge in [-0.25, -0.2) is 0 Å². The highest BCUT2D eigenvalue weighted by Gasteiger charge is 2.27. The van der Waals surface area contributed by atoms with Crippen molar-refractivity contribution in [3.8, 4) is 0 Å². The van der Waals surface area contributed by atoms with Crippen LogP contribution < -0.4 is 5.32 Å². The summed E-state index contributed by atoms with van der Waals surface area (Å²) in [5, 5.41) is 3.54. The lowest BCUT2D eigenvalue weighted by Gasteiger charge is -2.36. The number of benzene rings is 1. The van der Waals surface area contributed by atoms with E-state index in [1.807, 2.05) is 0 Å². The Morgan fingerprint density at radius 2 is 1.90 bits per heavy atom. The number of nitrogens with one attached hydrogen (secondary N) is 1. The van der Waals surface area contributed by atoms with Crippen molar-refractivity contribution in [1.82, 2.24) is 10.2 Å². The molecule has 0 spiro atoms. The van der Waals surface area contributed by atoms with E-state index in [-0.39, 0.29) is 0 Å². The van der Waals surface area contributed by atoms with Crippen LogP contribution in [0.5, 0.6) is 0 Å². The van der Waals surface area contributed by atoms with Crippen molar-refractivity contribution in [3.05, 3.63) is 34.3 Å². The molecule has 0 unspecified atom stereocenters. The van der Waals surface area contributed by atoms with Gasteiger partial charge in [0.25, 0.3) is 0 Å². The summed E-state index contributed by atoms with van der Waals surface area (Å²) in [6.07, 6.45) is 2.44. The molecule has 0 aliphatic rings. The van der Waals surface area contributed by atoms with E-state index < -0.39 is 0 Å². The molecular weight excluding hydrogens is 312 g/mol. The van der Waals surface area contributed by atoms with Gasteiger partial charge in [0.2, 0.25) is 0 Å². The normalized spacial score (nSPS) is 12.1. The molecule has 1 aromatic carbocycles. The summed E-state index contributed by atoms with van der Waals surface area (Å²) >= 11 is 3.55. The third kappa shape index (κ3) is 5.55. The second kappa shape index (κ2) is 8.81. The minimum absolute atomic E-state index is 0.386. The number of nitrogens with zero attached hydrogens (tertiary/aromatic N) is 1. The van der Waals surface area contributed by atoms with Crippen LogP contribution in [0.25, 0.3) is 0 Å². The Morgan fingerprint density at radius 1 is 1.20 bits per heavy atom. The van der Waals surface area contributed by atoms with Gasteiger partial charge in [-0.15, -0.1) is 0 Å². The van der Waals surface area contributed by atoms with Gasteiger partial charge in [-0.05, 0) is 49.5 Å². The lowest BCUT2D eigenvalue weighted by molar-refractivity contribution is 0.151. The number of halogens is 1. The van der Waals surface area contributed by atoms with Crippen LogP contribution in [0.3, 0.4) is 0 Å². The largest absolute Gasteiger partial charge is 0.316 e. The van der Waals surface area contributed by atoms with E-state index in [1.165, 1.54) is 18.4 Å². The topological polar surface area (TPSA) is 15.3 Å². The average molecular weight is 341 g/mol. The van der Waals surface area contributed by atoms with Crippen molar-refractivity contribution < 1.29 is 0 Å². The minimum atomic E-state index is 0.386. The Labute approximate surface area is 133 Å². The summed E-state index contributed by atoms with van der Waals surface area (Å²) < 4.78 is 1.16. The maximum Gasteiger partial charge on any atom is 0.0231 e. The zero-order valence-corrected chi connectivity index (χ0v) is 15.0. The fraction of sp³-hybridized carbons (Fsp3) is 0.647. The van der Waals surface area contributed by atoms with E-state index in [9.17, 15) is 0 Å². The van der Waals surface area contributed by atoms with Crippen LogP contribution in [0.15, 0.2) is 28.7 Å². The first-order chi connectivity index (χ1) is 9.55. The summed E-state index contributed by atoms with van der Waals surface area (Å²) in [7, 11) is 2.23. The van der Waals surface area contributed by atoms with Gasteiger partial charge >= 0.3 is 0 Å². The first-order valence-corrected chi connectivity index (χ1v) is 8.48. The first kappa shape index (κ1) is 17.7. The van der Waals surface area contributed by atoms with Crippen LogP contribution >= 0.6 is 15.9 Å². The molecule has 0 aromatic heterocycles. The van der Waals surface area contributed by atoms with Gasteiger partial charge in [-0.2, -0.15) is 0 Å². The molecule has 0 fully saturated rings. The predicted molar refractivity (Wildman–Crippen MR) is 92.0 cm³/mol. The third-order valence-electron chi connectivity index (χ3n) is 4.20. The van der Waals surface area contributed by atoms with Gasteiger partial charge in [0.05, 0.1) is 0 Å². The molecule has 0 bridgehead atoms. The molecule has 3 heteroatoms. The maximum absolute atomic E-state index is 3.55. The van der Waals surface area contributed by atoms with Crippen molar-refractivity contribution >= 4 is 15.9 Å². The molecule has 0 radical (unpaired) electrons. The molecule has 1 rings (SSSR count). The molecule has 0 saturated carbocycles. The van der Waals surface area contributed by atoms with E-state index in [1.54, 1.807) is 0 Å². The molecule has 0 atom stereocenters. The first-order valence-electron chi connectivity index (χ1n) is 7.69. The summed E-state index contributed by atoms with van der Waals surface area (Å²) in [5.74, 6) is 0. The molecular formula is C17H29BrN2. The maximum atomic E-state index is 3.55. The van der Waals surface area contributed by atoms with Crippen molar-refractivity contribution in [1.29, 1.82) is 0 Å². The number of hydrogen-bond acceptors (Lipinski definition) is 2. The second-order valence-electron chi connectivity index (χ2n) is 5.79. The molecule has 0 aliphatic heterocycles. The molecule has 0 saturated heterocycles. The van der Waals surface area contributed by atoms with Crippen molar-refractivity contribution in [2.45, 2.75) is 40.2 Å². The average Bonchev–Trinajstić information content (AvgIpc) is 2.43. The van der Waals surface area contributed by atoms with Crippen LogP contribution in [0, 0.1) is 5.41 Å². The molecule has 0 amide bonds. The highest BCUT2D eigenvalue weighted by molar-refractivity contribution is 9.10. The van der Waals surface area contributed by atoms with Crippen molar-refractivity contribution in [2.24, 2.45) is 5.41 Å². The zero-order chi connectivity index (χ0) is 15.0. The Kier molecular flexibility index (Phi) is 7.78. The number of hydrogen-bond donors (Lipinski definition) is 1. The Bertz CT molecular complexity index is 388. The minimum Gasteiger partial charge on any atom is -0.316 e. The van der Waals surface area contributed by atoms with Gasteiger partial charge < -0.3 is 10.2 Å². The number of rotatable bonds is 9. The van der Waals surface area contributed by atoms with E-state index in [0.29, 0.717) is 5.41 Å². The van der Waals surface area contributed by atoms with E-state index in [2.05, 4.69) is 78.2 Å². The molecule has 20 heavy (non-hydrogen) atoms. The fourth-order valence-electron chi connectivity index (χ4n) is 2.75. The molecule has 114 valence electrons. The third-order valence-corrected chi connectivity index (χ3v) is 4.69. The van der Waals surface area contributed by atoms with E-state index in [0.717, 1.165) is 30.7 Å². The summed E-state index contributed by atoms with van der Waals surface area (Å²) in [6.45, 7) is 11.1. The molecule has 2 nitrogen and oxygen atoms in total. The van der Waals surface area contributed by atoms with Crippen LogP contribution in [-0.2, 0) is 6.54 Å². The van der Waals surface area contributed by atoms with Gasteiger partial charge in [-0.1, -0.05) is 48.8 Å². The van der Waals surface area contributed by atoms with Crippen LogP contribution in [0.4, 0.5) is 0 Å². The molecule has 0 aliphatic carbocycles. The van der Waals surface area contributed by atoms with Gasteiger partial charge in [0, 0.05) is 24.1 Å². The fourth-order valence-corrected chi connectivity index (χ4v) is 3.19. The highest BCUT2D eigenvalue weighted by atomic mass is 79.9. The van der Waals surface area contributed by atoms with E-state index >= 15 is 0 Å². The Morgan fingerprint density at radius 3 is 2.45 bits per heavy atom. The van der Waals surface area contributed by atoms with Crippen LogP contribution in [-0.4, -0.2) is 31.6 Å².